The average Bonchev–Trinajstić information content (AvgIpc) is 2.72. The van der Waals surface area contributed by atoms with Gasteiger partial charge in [0.05, 0.1) is 11.0 Å². The first-order chi connectivity index (χ1) is 6.60. The van der Waals surface area contributed by atoms with Crippen molar-refractivity contribution in [1.82, 2.24) is 9.29 Å². The van der Waals surface area contributed by atoms with Crippen molar-refractivity contribution < 1.29 is 13.5 Å². The Balaban J connectivity index is 2.26. The number of aliphatic hydroxyl groups is 1. The molecule has 0 saturated carbocycles. The van der Waals surface area contributed by atoms with Gasteiger partial charge in [0.2, 0.25) is 10.0 Å². The maximum atomic E-state index is 11.8. The fraction of sp³-hybridized carbons (Fsp3) is 0.500. The molecule has 0 bridgehead atoms. The molecular formula is C8H12N2O3S. The summed E-state index contributed by atoms with van der Waals surface area (Å²) in [6, 6.07) is 1.51. The van der Waals surface area contributed by atoms with Gasteiger partial charge in [0.1, 0.15) is 0 Å². The lowest BCUT2D eigenvalue weighted by Gasteiger charge is -2.13. The molecule has 1 saturated heterocycles. The van der Waals surface area contributed by atoms with Gasteiger partial charge in [-0.05, 0) is 12.5 Å². The topological polar surface area (TPSA) is 73.4 Å². The molecule has 1 aromatic rings. The number of hydrogen-bond acceptors (Lipinski definition) is 3. The van der Waals surface area contributed by atoms with E-state index < -0.39 is 16.1 Å². The molecule has 1 aromatic heterocycles. The van der Waals surface area contributed by atoms with E-state index in [4.69, 9.17) is 0 Å². The van der Waals surface area contributed by atoms with Crippen LogP contribution in [0, 0.1) is 0 Å². The Morgan fingerprint density at radius 2 is 2.36 bits per heavy atom. The number of β-amino-alcohol motifs (C(OH)–C–C–N with tert-alkyl or cyclic N) is 1. The van der Waals surface area contributed by atoms with Gasteiger partial charge in [0.25, 0.3) is 0 Å². The summed E-state index contributed by atoms with van der Waals surface area (Å²) in [6.45, 7) is 0.599. The maximum absolute atomic E-state index is 11.8. The number of H-pyrrole nitrogens is 1. The Bertz CT molecular complexity index is 398. The zero-order chi connectivity index (χ0) is 10.2. The SMILES string of the molecule is O=S(=O)(c1cc[nH]c1)N1CC[C@H](O)C1. The van der Waals surface area contributed by atoms with Crippen molar-refractivity contribution in [1.29, 1.82) is 0 Å². The lowest BCUT2D eigenvalue weighted by Crippen LogP contribution is -2.29. The van der Waals surface area contributed by atoms with Gasteiger partial charge in [-0.2, -0.15) is 4.31 Å². The van der Waals surface area contributed by atoms with Crippen molar-refractivity contribution in [2.75, 3.05) is 13.1 Å². The predicted octanol–water partition coefficient (Wildman–Crippen LogP) is -0.230. The monoisotopic (exact) mass is 216 g/mol. The van der Waals surface area contributed by atoms with E-state index in [1.807, 2.05) is 0 Å². The third kappa shape index (κ3) is 1.56. The van der Waals surface area contributed by atoms with E-state index >= 15 is 0 Å². The quantitative estimate of drug-likeness (QED) is 0.717. The average molecular weight is 216 g/mol. The highest BCUT2D eigenvalue weighted by atomic mass is 32.2. The number of aromatic nitrogens is 1. The number of hydrogen-bond donors (Lipinski definition) is 2. The molecule has 78 valence electrons. The van der Waals surface area contributed by atoms with E-state index in [1.165, 1.54) is 16.6 Å². The number of nitrogens with zero attached hydrogens (tertiary/aromatic N) is 1. The molecule has 5 nitrogen and oxygen atoms in total. The van der Waals surface area contributed by atoms with Crippen LogP contribution in [0.4, 0.5) is 0 Å². The third-order valence-corrected chi connectivity index (χ3v) is 4.19. The first-order valence-electron chi connectivity index (χ1n) is 4.42. The van der Waals surface area contributed by atoms with Gasteiger partial charge in [-0.25, -0.2) is 8.42 Å². The van der Waals surface area contributed by atoms with Crippen LogP contribution in [0.25, 0.3) is 0 Å². The minimum Gasteiger partial charge on any atom is -0.392 e. The number of sulfonamides is 1. The molecule has 1 atom stereocenters. The molecule has 0 amide bonds. The van der Waals surface area contributed by atoms with E-state index in [-0.39, 0.29) is 11.4 Å². The zero-order valence-corrected chi connectivity index (χ0v) is 8.37. The molecule has 1 aliphatic rings. The molecule has 1 fully saturated rings. The van der Waals surface area contributed by atoms with Crippen LogP contribution in [-0.4, -0.2) is 42.0 Å². The van der Waals surface area contributed by atoms with Gasteiger partial charge in [-0.3, -0.25) is 0 Å². The van der Waals surface area contributed by atoms with Crippen LogP contribution in [0.1, 0.15) is 6.42 Å². The van der Waals surface area contributed by atoms with Crippen LogP contribution in [0.15, 0.2) is 23.4 Å². The highest BCUT2D eigenvalue weighted by molar-refractivity contribution is 7.89. The lowest BCUT2D eigenvalue weighted by molar-refractivity contribution is 0.189. The van der Waals surface area contributed by atoms with Gasteiger partial charge in [-0.1, -0.05) is 0 Å². The standard InChI is InChI=1S/C8H12N2O3S/c11-7-2-4-10(6-7)14(12,13)8-1-3-9-5-8/h1,3,5,7,9,11H,2,4,6H2/t7-/m0/s1. The molecule has 0 aliphatic carbocycles. The van der Waals surface area contributed by atoms with E-state index in [1.54, 1.807) is 6.20 Å². The van der Waals surface area contributed by atoms with Crippen molar-refractivity contribution in [3.05, 3.63) is 18.5 Å². The highest BCUT2D eigenvalue weighted by Gasteiger charge is 2.31. The summed E-state index contributed by atoms with van der Waals surface area (Å²) in [4.78, 5) is 2.96. The smallest absolute Gasteiger partial charge is 0.244 e. The number of rotatable bonds is 2. The first kappa shape index (κ1) is 9.70. The van der Waals surface area contributed by atoms with Gasteiger partial charge in [-0.15, -0.1) is 0 Å². The first-order valence-corrected chi connectivity index (χ1v) is 5.86. The largest absolute Gasteiger partial charge is 0.392 e. The number of aliphatic hydroxyl groups excluding tert-OH is 1. The molecule has 0 radical (unpaired) electrons. The van der Waals surface area contributed by atoms with Gasteiger partial charge >= 0.3 is 0 Å². The molecule has 0 aromatic carbocycles. The van der Waals surface area contributed by atoms with Gasteiger partial charge < -0.3 is 10.1 Å². The summed E-state index contributed by atoms with van der Waals surface area (Å²) >= 11 is 0. The molecule has 2 rings (SSSR count). The van der Waals surface area contributed by atoms with Crippen LogP contribution in [0.2, 0.25) is 0 Å². The molecule has 0 spiro atoms. The Morgan fingerprint density at radius 3 is 2.86 bits per heavy atom. The molecule has 2 N–H and O–H groups in total. The Kier molecular flexibility index (Phi) is 2.34. The van der Waals surface area contributed by atoms with E-state index in [9.17, 15) is 13.5 Å². The Hall–Kier alpha value is -0.850. The molecular weight excluding hydrogens is 204 g/mol. The van der Waals surface area contributed by atoms with Crippen LogP contribution in [-0.2, 0) is 10.0 Å². The second-order valence-corrected chi connectivity index (χ2v) is 5.29. The second kappa shape index (κ2) is 3.38. The summed E-state index contributed by atoms with van der Waals surface area (Å²) in [7, 11) is -3.39. The van der Waals surface area contributed by atoms with Crippen molar-refractivity contribution in [2.45, 2.75) is 17.4 Å². The highest BCUT2D eigenvalue weighted by Crippen LogP contribution is 2.20. The minimum absolute atomic E-state index is 0.202. The van der Waals surface area contributed by atoms with E-state index in [2.05, 4.69) is 4.98 Å². The fourth-order valence-corrected chi connectivity index (χ4v) is 3.02. The molecule has 0 unspecified atom stereocenters. The summed E-state index contributed by atoms with van der Waals surface area (Å²) in [5, 5.41) is 9.25. The summed E-state index contributed by atoms with van der Waals surface area (Å²) in [5.41, 5.74) is 0. The molecule has 2 heterocycles. The molecule has 6 heteroatoms. The third-order valence-electron chi connectivity index (χ3n) is 2.33. The van der Waals surface area contributed by atoms with Crippen LogP contribution in [0.3, 0.4) is 0 Å². The van der Waals surface area contributed by atoms with Gasteiger partial charge in [0, 0.05) is 25.5 Å². The molecule has 14 heavy (non-hydrogen) atoms. The lowest BCUT2D eigenvalue weighted by atomic mass is 10.3. The number of aromatic amines is 1. The minimum atomic E-state index is -3.39. The Labute approximate surface area is 82.4 Å². The zero-order valence-electron chi connectivity index (χ0n) is 7.55. The van der Waals surface area contributed by atoms with Crippen molar-refractivity contribution in [3.63, 3.8) is 0 Å². The predicted molar refractivity (Wildman–Crippen MR) is 50.2 cm³/mol. The summed E-state index contributed by atoms with van der Waals surface area (Å²) in [5.74, 6) is 0. The van der Waals surface area contributed by atoms with Crippen molar-refractivity contribution >= 4 is 10.0 Å². The normalized spacial score (nSPS) is 24.2. The van der Waals surface area contributed by atoms with Crippen LogP contribution < -0.4 is 0 Å². The van der Waals surface area contributed by atoms with Gasteiger partial charge in [0.15, 0.2) is 0 Å². The molecule has 1 aliphatic heterocycles. The van der Waals surface area contributed by atoms with Crippen LogP contribution in [0.5, 0.6) is 0 Å². The maximum Gasteiger partial charge on any atom is 0.244 e. The number of nitrogens with one attached hydrogen (secondary N) is 1. The van der Waals surface area contributed by atoms with E-state index in [0.29, 0.717) is 13.0 Å². The second-order valence-electron chi connectivity index (χ2n) is 3.35. The van der Waals surface area contributed by atoms with E-state index in [0.717, 1.165) is 0 Å². The summed E-state index contributed by atoms with van der Waals surface area (Å²) in [6.07, 6.45) is 3.01. The summed E-state index contributed by atoms with van der Waals surface area (Å²) < 4.78 is 25.0. The van der Waals surface area contributed by atoms with Crippen molar-refractivity contribution in [2.24, 2.45) is 0 Å². The van der Waals surface area contributed by atoms with Crippen LogP contribution >= 0.6 is 0 Å². The van der Waals surface area contributed by atoms with Crippen molar-refractivity contribution in [3.8, 4) is 0 Å². The fourth-order valence-electron chi connectivity index (χ4n) is 1.55. The Morgan fingerprint density at radius 1 is 1.57 bits per heavy atom.